The number of hydrogen-bond donors (Lipinski definition) is 2. The van der Waals surface area contributed by atoms with Gasteiger partial charge in [0.1, 0.15) is 0 Å². The van der Waals surface area contributed by atoms with Crippen molar-refractivity contribution in [1.29, 1.82) is 5.41 Å². The number of carbonyl (C=O) groups is 1. The topological polar surface area (TPSA) is 56.2 Å². The zero-order valence-electron chi connectivity index (χ0n) is 11.5. The number of benzene rings is 2. The molecule has 0 saturated heterocycles. The van der Waals surface area contributed by atoms with E-state index in [1.807, 2.05) is 24.3 Å². The molecule has 0 aliphatic heterocycles. The van der Waals surface area contributed by atoms with Crippen LogP contribution in [0.3, 0.4) is 0 Å². The second-order valence-electron chi connectivity index (χ2n) is 4.47. The van der Waals surface area contributed by atoms with Crippen LogP contribution >= 0.6 is 45.8 Å². The van der Waals surface area contributed by atoms with Crippen LogP contribution < -0.4 is 10.2 Å². The third-order valence-corrected chi connectivity index (χ3v) is 4.17. The van der Waals surface area contributed by atoms with Gasteiger partial charge in [0.05, 0.1) is 10.6 Å². The minimum Gasteiger partial charge on any atom is -0.316 e. The van der Waals surface area contributed by atoms with Gasteiger partial charge in [0.25, 0.3) is 5.91 Å². The van der Waals surface area contributed by atoms with E-state index in [4.69, 9.17) is 28.6 Å². The summed E-state index contributed by atoms with van der Waals surface area (Å²) in [6.07, 6.45) is 0. The number of rotatable bonds is 2. The van der Waals surface area contributed by atoms with Crippen molar-refractivity contribution in [2.24, 2.45) is 0 Å². The molecule has 7 heteroatoms. The van der Waals surface area contributed by atoms with Crippen LogP contribution in [0.2, 0.25) is 10.0 Å². The molecule has 22 heavy (non-hydrogen) atoms. The van der Waals surface area contributed by atoms with Gasteiger partial charge in [-0.2, -0.15) is 0 Å². The molecule has 0 spiro atoms. The van der Waals surface area contributed by atoms with E-state index in [2.05, 4.69) is 27.9 Å². The van der Waals surface area contributed by atoms with Gasteiger partial charge < -0.3 is 4.90 Å². The molecular formula is C15H12Cl2IN3O. The molecule has 2 aromatic carbocycles. The first-order chi connectivity index (χ1) is 10.4. The molecule has 0 atom stereocenters. The number of hydrogen-bond acceptors (Lipinski definition) is 2. The fourth-order valence-electron chi connectivity index (χ4n) is 1.74. The van der Waals surface area contributed by atoms with Crippen LogP contribution in [0.15, 0.2) is 42.5 Å². The van der Waals surface area contributed by atoms with Crippen molar-refractivity contribution in [3.8, 4) is 0 Å². The Balaban J connectivity index is 2.14. The van der Waals surface area contributed by atoms with Crippen LogP contribution in [-0.2, 0) is 0 Å². The highest BCUT2D eigenvalue weighted by Gasteiger charge is 2.15. The molecule has 0 bridgehead atoms. The van der Waals surface area contributed by atoms with Crippen LogP contribution in [0, 0.1) is 8.98 Å². The molecule has 0 aliphatic carbocycles. The first-order valence-corrected chi connectivity index (χ1v) is 8.06. The van der Waals surface area contributed by atoms with Crippen molar-refractivity contribution in [1.82, 2.24) is 5.32 Å². The molecule has 0 fully saturated rings. The predicted molar refractivity (Wildman–Crippen MR) is 99.2 cm³/mol. The smallest absolute Gasteiger partial charge is 0.259 e. The third kappa shape index (κ3) is 4.12. The Morgan fingerprint density at radius 1 is 1.23 bits per heavy atom. The Kier molecular flexibility index (Phi) is 5.66. The number of guanidine groups is 1. The van der Waals surface area contributed by atoms with Gasteiger partial charge in [-0.25, -0.2) is 0 Å². The van der Waals surface area contributed by atoms with Crippen molar-refractivity contribution < 1.29 is 4.79 Å². The summed E-state index contributed by atoms with van der Waals surface area (Å²) in [4.78, 5) is 13.8. The van der Waals surface area contributed by atoms with Crippen LogP contribution in [0.25, 0.3) is 0 Å². The molecule has 0 aliphatic rings. The number of nitrogens with zero attached hydrogens (tertiary/aromatic N) is 1. The molecule has 0 heterocycles. The third-order valence-electron chi connectivity index (χ3n) is 2.94. The normalized spacial score (nSPS) is 10.2. The molecule has 0 radical (unpaired) electrons. The van der Waals surface area contributed by atoms with Crippen molar-refractivity contribution in [2.45, 2.75) is 0 Å². The quantitative estimate of drug-likeness (QED) is 0.407. The number of halogens is 3. The van der Waals surface area contributed by atoms with E-state index in [0.717, 1.165) is 9.26 Å². The molecule has 2 rings (SSSR count). The van der Waals surface area contributed by atoms with E-state index < -0.39 is 5.91 Å². The predicted octanol–water partition coefficient (Wildman–Crippen LogP) is 4.40. The van der Waals surface area contributed by atoms with Gasteiger partial charge >= 0.3 is 0 Å². The van der Waals surface area contributed by atoms with Crippen molar-refractivity contribution in [2.75, 3.05) is 11.9 Å². The summed E-state index contributed by atoms with van der Waals surface area (Å²) < 4.78 is 1.04. The van der Waals surface area contributed by atoms with Gasteiger partial charge in [0.2, 0.25) is 5.96 Å². The summed E-state index contributed by atoms with van der Waals surface area (Å²) in [5.74, 6) is -0.530. The highest BCUT2D eigenvalue weighted by Crippen LogP contribution is 2.21. The van der Waals surface area contributed by atoms with Gasteiger partial charge in [-0.05, 0) is 59.0 Å². The molecule has 0 unspecified atom stereocenters. The average molecular weight is 448 g/mol. The fraction of sp³-hybridized carbons (Fsp3) is 0.0667. The number of anilines is 1. The number of amides is 1. The lowest BCUT2D eigenvalue weighted by Crippen LogP contribution is -2.41. The lowest BCUT2D eigenvalue weighted by Gasteiger charge is -2.20. The zero-order chi connectivity index (χ0) is 16.3. The van der Waals surface area contributed by atoms with E-state index in [1.54, 1.807) is 24.1 Å². The molecule has 2 N–H and O–H groups in total. The van der Waals surface area contributed by atoms with E-state index in [1.165, 1.54) is 6.07 Å². The molecule has 4 nitrogen and oxygen atoms in total. The summed E-state index contributed by atoms with van der Waals surface area (Å²) in [6, 6.07) is 12.2. The Morgan fingerprint density at radius 2 is 1.95 bits per heavy atom. The largest absolute Gasteiger partial charge is 0.316 e. The Hall–Kier alpha value is -1.31. The summed E-state index contributed by atoms with van der Waals surface area (Å²) in [6.45, 7) is 0. The maximum Gasteiger partial charge on any atom is 0.259 e. The molecule has 1 amide bonds. The molecule has 0 aromatic heterocycles. The number of carbonyl (C=O) groups excluding carboxylic acids is 1. The van der Waals surface area contributed by atoms with Crippen LogP contribution in [-0.4, -0.2) is 18.9 Å². The first kappa shape index (κ1) is 17.1. The van der Waals surface area contributed by atoms with Gasteiger partial charge in [0.15, 0.2) is 0 Å². The second-order valence-corrected chi connectivity index (χ2v) is 6.56. The maximum absolute atomic E-state index is 12.2. The van der Waals surface area contributed by atoms with Crippen LogP contribution in [0.4, 0.5) is 5.69 Å². The van der Waals surface area contributed by atoms with E-state index in [9.17, 15) is 4.79 Å². The monoisotopic (exact) mass is 447 g/mol. The molecular weight excluding hydrogens is 436 g/mol. The SMILES string of the molecule is CN(C(=N)NC(=O)c1cc(Cl)ccc1Cl)c1cccc(I)c1. The number of nitrogens with one attached hydrogen (secondary N) is 2. The van der Waals surface area contributed by atoms with E-state index in [-0.39, 0.29) is 16.5 Å². The fourth-order valence-corrected chi connectivity index (χ4v) is 2.65. The lowest BCUT2D eigenvalue weighted by atomic mass is 10.2. The summed E-state index contributed by atoms with van der Waals surface area (Å²) in [7, 11) is 1.70. The van der Waals surface area contributed by atoms with Crippen molar-refractivity contribution >= 4 is 63.3 Å². The summed E-state index contributed by atoms with van der Waals surface area (Å²) in [5, 5.41) is 11.2. The van der Waals surface area contributed by atoms with E-state index >= 15 is 0 Å². The standard InChI is InChI=1S/C15H12Cl2IN3O/c1-21(11-4-2-3-10(18)8-11)15(19)20-14(22)12-7-9(16)5-6-13(12)17/h2-8H,1H3,(H2,19,20,22). The van der Waals surface area contributed by atoms with Gasteiger partial charge in [-0.3, -0.25) is 15.5 Å². The Morgan fingerprint density at radius 3 is 2.64 bits per heavy atom. The molecule has 2 aromatic rings. The highest BCUT2D eigenvalue weighted by atomic mass is 127. The molecule has 114 valence electrons. The average Bonchev–Trinajstić information content (AvgIpc) is 2.48. The van der Waals surface area contributed by atoms with Crippen molar-refractivity contribution in [3.63, 3.8) is 0 Å². The van der Waals surface area contributed by atoms with Crippen LogP contribution in [0.1, 0.15) is 10.4 Å². The summed E-state index contributed by atoms with van der Waals surface area (Å²) in [5.41, 5.74) is 1.03. The van der Waals surface area contributed by atoms with E-state index in [0.29, 0.717) is 5.02 Å². The minimum atomic E-state index is -0.477. The van der Waals surface area contributed by atoms with Crippen molar-refractivity contribution in [3.05, 3.63) is 61.6 Å². The zero-order valence-corrected chi connectivity index (χ0v) is 15.2. The van der Waals surface area contributed by atoms with Gasteiger partial charge in [-0.15, -0.1) is 0 Å². The maximum atomic E-state index is 12.2. The second kappa shape index (κ2) is 7.30. The first-order valence-electron chi connectivity index (χ1n) is 6.22. The van der Waals surface area contributed by atoms with Crippen LogP contribution in [0.5, 0.6) is 0 Å². The molecule has 0 saturated carbocycles. The summed E-state index contributed by atoms with van der Waals surface area (Å²) >= 11 is 14.0. The Labute approximate surface area is 152 Å². The Bertz CT molecular complexity index is 736. The van der Waals surface area contributed by atoms with Gasteiger partial charge in [0, 0.05) is 21.3 Å². The minimum absolute atomic E-state index is 0.0527. The lowest BCUT2D eigenvalue weighted by molar-refractivity contribution is 0.0976. The highest BCUT2D eigenvalue weighted by molar-refractivity contribution is 14.1. The van der Waals surface area contributed by atoms with Gasteiger partial charge in [-0.1, -0.05) is 29.3 Å².